The van der Waals surface area contributed by atoms with Crippen molar-refractivity contribution in [2.45, 2.75) is 9.92 Å². The van der Waals surface area contributed by atoms with Gasteiger partial charge in [-0.1, -0.05) is 15.9 Å². The van der Waals surface area contributed by atoms with Gasteiger partial charge in [0.15, 0.2) is 9.84 Å². The second-order valence-corrected chi connectivity index (χ2v) is 9.46. The number of halogens is 1. The molecule has 0 radical (unpaired) electrons. The number of fused-ring (bicyclic) bond motifs is 1. The molecule has 0 spiro atoms. The van der Waals surface area contributed by atoms with Crippen molar-refractivity contribution >= 4 is 59.1 Å². The van der Waals surface area contributed by atoms with Crippen LogP contribution in [0.25, 0.3) is 10.2 Å². The summed E-state index contributed by atoms with van der Waals surface area (Å²) in [6.07, 6.45) is 1.51. The van der Waals surface area contributed by atoms with Gasteiger partial charge in [0.1, 0.15) is 11.4 Å². The van der Waals surface area contributed by atoms with Crippen LogP contribution < -0.4 is 0 Å². The van der Waals surface area contributed by atoms with E-state index in [-0.39, 0.29) is 5.75 Å². The molecule has 1 aromatic carbocycles. The zero-order valence-electron chi connectivity index (χ0n) is 11.3. The van der Waals surface area contributed by atoms with E-state index in [2.05, 4.69) is 25.9 Å². The molecule has 0 fully saturated rings. The number of nitrogens with zero attached hydrogens (tertiary/aromatic N) is 2. The standard InChI is InChI=1S/C14H11BrN2O2S3/c15-10-1-3-11(4-2-10)22(18,19)8-7-21-14-13-12(5-6-20-13)16-9-17-14/h1-6,9H,7-8H2. The van der Waals surface area contributed by atoms with Gasteiger partial charge in [-0.3, -0.25) is 0 Å². The van der Waals surface area contributed by atoms with Gasteiger partial charge in [0, 0.05) is 10.2 Å². The summed E-state index contributed by atoms with van der Waals surface area (Å²) in [5, 5.41) is 2.80. The topological polar surface area (TPSA) is 59.9 Å². The number of thioether (sulfide) groups is 1. The lowest BCUT2D eigenvalue weighted by molar-refractivity contribution is 0.597. The number of sulfone groups is 1. The van der Waals surface area contributed by atoms with E-state index in [9.17, 15) is 8.42 Å². The lowest BCUT2D eigenvalue weighted by Gasteiger charge is -2.05. The molecule has 22 heavy (non-hydrogen) atoms. The highest BCUT2D eigenvalue weighted by Gasteiger charge is 2.15. The number of rotatable bonds is 5. The predicted molar refractivity (Wildman–Crippen MR) is 94.3 cm³/mol. The van der Waals surface area contributed by atoms with Crippen molar-refractivity contribution < 1.29 is 8.42 Å². The largest absolute Gasteiger partial charge is 0.235 e. The smallest absolute Gasteiger partial charge is 0.179 e. The molecular weight excluding hydrogens is 404 g/mol. The molecule has 0 bridgehead atoms. The minimum Gasteiger partial charge on any atom is -0.235 e. The number of aromatic nitrogens is 2. The third kappa shape index (κ3) is 3.51. The molecule has 0 unspecified atom stereocenters. The lowest BCUT2D eigenvalue weighted by atomic mass is 10.4. The molecule has 0 aliphatic heterocycles. The predicted octanol–water partition coefficient (Wildman–Crippen LogP) is 4.02. The maximum atomic E-state index is 12.3. The monoisotopic (exact) mass is 414 g/mol. The van der Waals surface area contributed by atoms with Crippen LogP contribution in [0.5, 0.6) is 0 Å². The molecule has 0 saturated heterocycles. The fraction of sp³-hybridized carbons (Fsp3) is 0.143. The Labute approximate surface area is 145 Å². The summed E-state index contributed by atoms with van der Waals surface area (Å²) in [7, 11) is -3.27. The molecule has 3 aromatic rings. The van der Waals surface area contributed by atoms with Crippen LogP contribution >= 0.6 is 39.0 Å². The number of hydrogen-bond acceptors (Lipinski definition) is 6. The zero-order valence-corrected chi connectivity index (χ0v) is 15.3. The van der Waals surface area contributed by atoms with Gasteiger partial charge in [0.05, 0.1) is 20.9 Å². The normalized spacial score (nSPS) is 11.9. The van der Waals surface area contributed by atoms with E-state index in [4.69, 9.17) is 0 Å². The molecule has 0 amide bonds. The highest BCUT2D eigenvalue weighted by Crippen LogP contribution is 2.29. The first kappa shape index (κ1) is 15.9. The van der Waals surface area contributed by atoms with Crippen molar-refractivity contribution in [1.29, 1.82) is 0 Å². The summed E-state index contributed by atoms with van der Waals surface area (Å²) in [5.41, 5.74) is 0.901. The van der Waals surface area contributed by atoms with Crippen LogP contribution in [0.1, 0.15) is 0 Å². The van der Waals surface area contributed by atoms with Gasteiger partial charge in [-0.15, -0.1) is 23.1 Å². The van der Waals surface area contributed by atoms with Gasteiger partial charge >= 0.3 is 0 Å². The highest BCUT2D eigenvalue weighted by molar-refractivity contribution is 9.10. The average molecular weight is 415 g/mol. The first-order valence-electron chi connectivity index (χ1n) is 6.35. The third-order valence-corrected chi connectivity index (χ3v) is 7.52. The summed E-state index contributed by atoms with van der Waals surface area (Å²) in [4.78, 5) is 8.77. The Morgan fingerprint density at radius 3 is 2.68 bits per heavy atom. The first-order valence-corrected chi connectivity index (χ1v) is 10.7. The average Bonchev–Trinajstić information content (AvgIpc) is 2.97. The lowest BCUT2D eigenvalue weighted by Crippen LogP contribution is -2.08. The quantitative estimate of drug-likeness (QED) is 0.465. The number of thiophene rings is 1. The van der Waals surface area contributed by atoms with E-state index >= 15 is 0 Å². The van der Waals surface area contributed by atoms with Crippen LogP contribution in [0.3, 0.4) is 0 Å². The molecule has 2 heterocycles. The third-order valence-electron chi connectivity index (χ3n) is 2.97. The molecule has 0 aliphatic rings. The Kier molecular flexibility index (Phi) is 4.82. The SMILES string of the molecule is O=S(=O)(CCSc1ncnc2ccsc12)c1ccc(Br)cc1. The van der Waals surface area contributed by atoms with Crippen LogP contribution in [0.15, 0.2) is 56.4 Å². The molecule has 3 rings (SSSR count). The van der Waals surface area contributed by atoms with Crippen LogP contribution in [0.4, 0.5) is 0 Å². The Morgan fingerprint density at radius 2 is 1.91 bits per heavy atom. The number of benzene rings is 1. The minimum absolute atomic E-state index is 0.0795. The van der Waals surface area contributed by atoms with Crippen LogP contribution in [-0.4, -0.2) is 29.9 Å². The van der Waals surface area contributed by atoms with Crippen molar-refractivity contribution in [3.8, 4) is 0 Å². The van der Waals surface area contributed by atoms with Gasteiger partial charge in [-0.25, -0.2) is 18.4 Å². The molecule has 0 saturated carbocycles. The Balaban J connectivity index is 1.70. The van der Waals surface area contributed by atoms with Gasteiger partial charge in [0.25, 0.3) is 0 Å². The molecule has 2 aromatic heterocycles. The molecule has 114 valence electrons. The van der Waals surface area contributed by atoms with Crippen molar-refractivity contribution in [3.05, 3.63) is 46.5 Å². The van der Waals surface area contributed by atoms with Gasteiger partial charge in [-0.2, -0.15) is 0 Å². The van der Waals surface area contributed by atoms with E-state index in [0.29, 0.717) is 10.6 Å². The van der Waals surface area contributed by atoms with Crippen LogP contribution in [0.2, 0.25) is 0 Å². The van der Waals surface area contributed by atoms with Crippen molar-refractivity contribution in [2.24, 2.45) is 0 Å². The second kappa shape index (κ2) is 6.66. The van der Waals surface area contributed by atoms with Gasteiger partial charge in [0.2, 0.25) is 0 Å². The zero-order chi connectivity index (χ0) is 15.6. The summed E-state index contributed by atoms with van der Waals surface area (Å²) in [5.74, 6) is 0.540. The van der Waals surface area contributed by atoms with E-state index < -0.39 is 9.84 Å². The molecule has 8 heteroatoms. The maximum Gasteiger partial charge on any atom is 0.179 e. The Morgan fingerprint density at radius 1 is 1.14 bits per heavy atom. The second-order valence-electron chi connectivity index (χ2n) is 4.44. The van der Waals surface area contributed by atoms with E-state index in [0.717, 1.165) is 19.7 Å². The fourth-order valence-corrected chi connectivity index (χ4v) is 5.74. The van der Waals surface area contributed by atoms with Crippen LogP contribution in [-0.2, 0) is 9.84 Å². The van der Waals surface area contributed by atoms with Crippen molar-refractivity contribution in [3.63, 3.8) is 0 Å². The molecule has 4 nitrogen and oxygen atoms in total. The molecule has 0 aliphatic carbocycles. The fourth-order valence-electron chi connectivity index (χ4n) is 1.88. The maximum absolute atomic E-state index is 12.3. The van der Waals surface area contributed by atoms with E-state index in [1.54, 1.807) is 35.6 Å². The Hall–Kier alpha value is -0.960. The minimum atomic E-state index is -3.27. The van der Waals surface area contributed by atoms with Crippen molar-refractivity contribution in [1.82, 2.24) is 9.97 Å². The summed E-state index contributed by atoms with van der Waals surface area (Å²) >= 11 is 6.32. The van der Waals surface area contributed by atoms with Crippen molar-refractivity contribution in [2.75, 3.05) is 11.5 Å². The van der Waals surface area contributed by atoms with Gasteiger partial charge in [-0.05, 0) is 35.7 Å². The molecule has 0 atom stereocenters. The summed E-state index contributed by atoms with van der Waals surface area (Å²) in [6.45, 7) is 0. The summed E-state index contributed by atoms with van der Waals surface area (Å²) < 4.78 is 26.4. The van der Waals surface area contributed by atoms with Crippen LogP contribution in [0, 0.1) is 0 Å². The first-order chi connectivity index (χ1) is 10.6. The molecule has 0 N–H and O–H groups in total. The Bertz CT molecular complexity index is 892. The molecular formula is C14H11BrN2O2S3. The summed E-state index contributed by atoms with van der Waals surface area (Å²) in [6, 6.07) is 8.64. The van der Waals surface area contributed by atoms with E-state index in [1.165, 1.54) is 18.1 Å². The number of hydrogen-bond donors (Lipinski definition) is 0. The van der Waals surface area contributed by atoms with Gasteiger partial charge < -0.3 is 0 Å². The highest BCUT2D eigenvalue weighted by atomic mass is 79.9. The van der Waals surface area contributed by atoms with E-state index in [1.807, 2.05) is 11.4 Å².